The number of ether oxygens (including phenoxy) is 1. The second kappa shape index (κ2) is 5.81. The Morgan fingerprint density at radius 2 is 2.15 bits per heavy atom. The lowest BCUT2D eigenvalue weighted by Gasteiger charge is -2.08. The number of rotatable bonds is 5. The smallest absolute Gasteiger partial charge is 0.219 e. The largest absolute Gasteiger partial charge is 0.437 e. The van der Waals surface area contributed by atoms with Crippen molar-refractivity contribution in [3.8, 4) is 11.6 Å². The average molecular weight is 289 g/mol. The fourth-order valence-electron chi connectivity index (χ4n) is 1.93. The Labute approximate surface area is 123 Å². The molecule has 0 saturated heterocycles. The monoisotopic (exact) mass is 288 g/mol. The zero-order valence-electron chi connectivity index (χ0n) is 11.4. The Balaban J connectivity index is 1.66. The maximum Gasteiger partial charge on any atom is 0.219 e. The molecule has 0 radical (unpaired) electrons. The summed E-state index contributed by atoms with van der Waals surface area (Å²) >= 11 is 6.11. The Hall–Kier alpha value is -1.58. The van der Waals surface area contributed by atoms with E-state index in [1.807, 2.05) is 43.5 Å². The number of hydrogen-bond acceptors (Lipinski definition) is 3. The van der Waals surface area contributed by atoms with E-state index in [0.29, 0.717) is 22.7 Å². The Kier molecular flexibility index (Phi) is 3.90. The highest BCUT2D eigenvalue weighted by molar-refractivity contribution is 6.32. The minimum Gasteiger partial charge on any atom is -0.437 e. The minimum absolute atomic E-state index is 0.563. The van der Waals surface area contributed by atoms with Crippen molar-refractivity contribution in [1.29, 1.82) is 0 Å². The third kappa shape index (κ3) is 3.50. The SMILES string of the molecule is Cc1ccc(Cl)c(Oc2ccc(CNC3CC3)cn2)c1. The zero-order chi connectivity index (χ0) is 13.9. The van der Waals surface area contributed by atoms with E-state index in [9.17, 15) is 0 Å². The quantitative estimate of drug-likeness (QED) is 0.900. The highest BCUT2D eigenvalue weighted by Gasteiger charge is 2.19. The maximum atomic E-state index is 6.11. The minimum atomic E-state index is 0.563. The van der Waals surface area contributed by atoms with E-state index in [1.165, 1.54) is 18.4 Å². The Morgan fingerprint density at radius 3 is 2.85 bits per heavy atom. The molecule has 0 spiro atoms. The van der Waals surface area contributed by atoms with Gasteiger partial charge >= 0.3 is 0 Å². The van der Waals surface area contributed by atoms with Crippen molar-refractivity contribution in [2.75, 3.05) is 0 Å². The molecule has 1 aliphatic carbocycles. The first kappa shape index (κ1) is 13.4. The molecule has 1 aromatic carbocycles. The van der Waals surface area contributed by atoms with Crippen molar-refractivity contribution in [2.24, 2.45) is 0 Å². The lowest BCUT2D eigenvalue weighted by molar-refractivity contribution is 0.462. The van der Waals surface area contributed by atoms with Gasteiger partial charge in [0.05, 0.1) is 5.02 Å². The van der Waals surface area contributed by atoms with Gasteiger partial charge in [0.2, 0.25) is 5.88 Å². The van der Waals surface area contributed by atoms with E-state index in [2.05, 4.69) is 10.3 Å². The van der Waals surface area contributed by atoms with Gasteiger partial charge in [0, 0.05) is 24.8 Å². The van der Waals surface area contributed by atoms with Crippen LogP contribution in [-0.4, -0.2) is 11.0 Å². The second-order valence-electron chi connectivity index (χ2n) is 5.20. The first-order chi connectivity index (χ1) is 9.70. The molecule has 0 amide bonds. The van der Waals surface area contributed by atoms with Gasteiger partial charge in [0.15, 0.2) is 0 Å². The fraction of sp³-hybridized carbons (Fsp3) is 0.312. The summed E-state index contributed by atoms with van der Waals surface area (Å²) in [6.07, 6.45) is 4.43. The van der Waals surface area contributed by atoms with Crippen molar-refractivity contribution in [3.63, 3.8) is 0 Å². The van der Waals surface area contributed by atoms with Crippen LogP contribution in [0.4, 0.5) is 0 Å². The van der Waals surface area contributed by atoms with Gasteiger partial charge in [0.25, 0.3) is 0 Å². The lowest BCUT2D eigenvalue weighted by atomic mass is 10.2. The summed E-state index contributed by atoms with van der Waals surface area (Å²) in [6, 6.07) is 10.3. The number of pyridine rings is 1. The van der Waals surface area contributed by atoms with E-state index in [0.717, 1.165) is 12.1 Å². The second-order valence-corrected chi connectivity index (χ2v) is 5.60. The van der Waals surface area contributed by atoms with E-state index in [-0.39, 0.29) is 0 Å². The average Bonchev–Trinajstić information content (AvgIpc) is 3.26. The molecule has 1 saturated carbocycles. The third-order valence-electron chi connectivity index (χ3n) is 3.27. The predicted molar refractivity (Wildman–Crippen MR) is 80.4 cm³/mol. The van der Waals surface area contributed by atoms with Gasteiger partial charge in [-0.15, -0.1) is 0 Å². The highest BCUT2D eigenvalue weighted by atomic mass is 35.5. The van der Waals surface area contributed by atoms with Gasteiger partial charge in [-0.05, 0) is 43.0 Å². The van der Waals surface area contributed by atoms with Gasteiger partial charge in [-0.1, -0.05) is 23.7 Å². The summed E-state index contributed by atoms with van der Waals surface area (Å²) < 4.78 is 5.72. The molecular weight excluding hydrogens is 272 g/mol. The van der Waals surface area contributed by atoms with Crippen molar-refractivity contribution >= 4 is 11.6 Å². The number of nitrogens with zero attached hydrogens (tertiary/aromatic N) is 1. The van der Waals surface area contributed by atoms with Gasteiger partial charge in [0.1, 0.15) is 5.75 Å². The molecule has 0 atom stereocenters. The molecule has 0 unspecified atom stereocenters. The van der Waals surface area contributed by atoms with Crippen LogP contribution in [0.25, 0.3) is 0 Å². The predicted octanol–water partition coefficient (Wildman–Crippen LogP) is 4.09. The van der Waals surface area contributed by atoms with Gasteiger partial charge in [-0.3, -0.25) is 0 Å². The summed E-state index contributed by atoms with van der Waals surface area (Å²) in [6.45, 7) is 2.87. The van der Waals surface area contributed by atoms with E-state index < -0.39 is 0 Å². The molecule has 0 aliphatic heterocycles. The van der Waals surface area contributed by atoms with E-state index in [1.54, 1.807) is 0 Å². The highest BCUT2D eigenvalue weighted by Crippen LogP contribution is 2.29. The van der Waals surface area contributed by atoms with Crippen LogP contribution in [0.15, 0.2) is 36.5 Å². The molecule has 1 aliphatic rings. The van der Waals surface area contributed by atoms with Crippen molar-refractivity contribution < 1.29 is 4.74 Å². The maximum absolute atomic E-state index is 6.11. The van der Waals surface area contributed by atoms with Gasteiger partial charge < -0.3 is 10.1 Å². The molecule has 0 bridgehead atoms. The Morgan fingerprint density at radius 1 is 1.30 bits per heavy atom. The van der Waals surface area contributed by atoms with E-state index in [4.69, 9.17) is 16.3 Å². The van der Waals surface area contributed by atoms with Crippen LogP contribution in [0.1, 0.15) is 24.0 Å². The summed E-state index contributed by atoms with van der Waals surface area (Å²) in [5.41, 5.74) is 2.27. The molecule has 4 heteroatoms. The van der Waals surface area contributed by atoms with Crippen molar-refractivity contribution in [2.45, 2.75) is 32.4 Å². The van der Waals surface area contributed by atoms with E-state index >= 15 is 0 Å². The number of nitrogens with one attached hydrogen (secondary N) is 1. The zero-order valence-corrected chi connectivity index (χ0v) is 12.2. The van der Waals surface area contributed by atoms with Crippen molar-refractivity contribution in [3.05, 3.63) is 52.7 Å². The number of hydrogen-bond donors (Lipinski definition) is 1. The third-order valence-corrected chi connectivity index (χ3v) is 3.58. The standard InChI is InChI=1S/C16H17ClN2O/c1-11-2-6-14(17)15(8-11)20-16-7-3-12(10-19-16)9-18-13-4-5-13/h2-3,6-8,10,13,18H,4-5,9H2,1H3. The topological polar surface area (TPSA) is 34.1 Å². The first-order valence-electron chi connectivity index (χ1n) is 6.83. The van der Waals surface area contributed by atoms with Crippen LogP contribution in [0.2, 0.25) is 5.02 Å². The number of benzene rings is 1. The molecule has 1 aromatic heterocycles. The summed E-state index contributed by atoms with van der Waals surface area (Å²) in [5, 5.41) is 4.05. The molecule has 1 fully saturated rings. The van der Waals surface area contributed by atoms with Crippen LogP contribution in [-0.2, 0) is 6.54 Å². The normalized spacial score (nSPS) is 14.3. The van der Waals surface area contributed by atoms with Crippen molar-refractivity contribution in [1.82, 2.24) is 10.3 Å². The summed E-state index contributed by atoms with van der Waals surface area (Å²) in [4.78, 5) is 4.32. The molecule has 3 rings (SSSR count). The molecule has 1 heterocycles. The molecule has 20 heavy (non-hydrogen) atoms. The number of halogens is 1. The van der Waals surface area contributed by atoms with Crippen LogP contribution in [0.5, 0.6) is 11.6 Å². The fourth-order valence-corrected chi connectivity index (χ4v) is 2.08. The van der Waals surface area contributed by atoms with Crippen LogP contribution < -0.4 is 10.1 Å². The van der Waals surface area contributed by atoms with Crippen LogP contribution in [0.3, 0.4) is 0 Å². The summed E-state index contributed by atoms with van der Waals surface area (Å²) in [5.74, 6) is 1.20. The van der Waals surface area contributed by atoms with Gasteiger partial charge in [-0.25, -0.2) is 4.98 Å². The number of aromatic nitrogens is 1. The van der Waals surface area contributed by atoms with Crippen LogP contribution in [0, 0.1) is 6.92 Å². The molecular formula is C16H17ClN2O. The molecule has 1 N–H and O–H groups in total. The van der Waals surface area contributed by atoms with Gasteiger partial charge in [-0.2, -0.15) is 0 Å². The Bertz CT molecular complexity index is 594. The molecule has 3 nitrogen and oxygen atoms in total. The first-order valence-corrected chi connectivity index (χ1v) is 7.21. The van der Waals surface area contributed by atoms with Crippen LogP contribution >= 0.6 is 11.6 Å². The summed E-state index contributed by atoms with van der Waals surface area (Å²) in [7, 11) is 0. The number of aryl methyl sites for hydroxylation is 1. The lowest BCUT2D eigenvalue weighted by Crippen LogP contribution is -2.15. The molecule has 2 aromatic rings. The molecule has 104 valence electrons.